The monoisotopic (exact) mass is 523 g/mol. The van der Waals surface area contributed by atoms with Crippen LogP contribution in [0.15, 0.2) is 78.9 Å². The predicted molar refractivity (Wildman–Crippen MR) is 148 cm³/mol. The molecule has 1 aliphatic carbocycles. The molecule has 0 bridgehead atoms. The van der Waals surface area contributed by atoms with Gasteiger partial charge < -0.3 is 14.6 Å². The van der Waals surface area contributed by atoms with E-state index in [4.69, 9.17) is 15.9 Å². The molecule has 0 saturated carbocycles. The summed E-state index contributed by atoms with van der Waals surface area (Å²) in [6.45, 7) is 5.25. The van der Waals surface area contributed by atoms with Crippen molar-refractivity contribution in [2.75, 3.05) is 13.7 Å². The SMILES string of the molecule is C#C[C@@]1(O)CN(C2(c3ccccc3)c3ccccc3-c3ccccc32)[C@H](C(=O)OC)[C@H]1CC(=O)OC(C)(C)C. The number of aliphatic hydroxyl groups is 1. The summed E-state index contributed by atoms with van der Waals surface area (Å²) in [6, 6.07) is 25.0. The van der Waals surface area contributed by atoms with Gasteiger partial charge in [-0.25, -0.2) is 0 Å². The fourth-order valence-electron chi connectivity index (χ4n) is 6.37. The fourth-order valence-corrected chi connectivity index (χ4v) is 6.37. The van der Waals surface area contributed by atoms with Crippen molar-refractivity contribution in [3.63, 3.8) is 0 Å². The Balaban J connectivity index is 1.78. The largest absolute Gasteiger partial charge is 0.468 e. The first-order valence-electron chi connectivity index (χ1n) is 13.1. The van der Waals surface area contributed by atoms with Crippen LogP contribution in [-0.2, 0) is 24.6 Å². The Hall–Kier alpha value is -3.92. The maximum Gasteiger partial charge on any atom is 0.323 e. The summed E-state index contributed by atoms with van der Waals surface area (Å²) in [6.07, 6.45) is 5.72. The van der Waals surface area contributed by atoms with Crippen LogP contribution in [-0.4, -0.2) is 52.8 Å². The Labute approximate surface area is 229 Å². The van der Waals surface area contributed by atoms with Crippen LogP contribution in [0.4, 0.5) is 0 Å². The van der Waals surface area contributed by atoms with Crippen molar-refractivity contribution < 1.29 is 24.2 Å². The molecule has 6 nitrogen and oxygen atoms in total. The lowest BCUT2D eigenvalue weighted by atomic mass is 9.78. The molecule has 1 heterocycles. The smallest absolute Gasteiger partial charge is 0.323 e. The van der Waals surface area contributed by atoms with Gasteiger partial charge in [-0.2, -0.15) is 0 Å². The summed E-state index contributed by atoms with van der Waals surface area (Å²) in [5, 5.41) is 11.9. The molecule has 3 aromatic rings. The summed E-state index contributed by atoms with van der Waals surface area (Å²) in [5.74, 6) is 0.448. The molecule has 1 N–H and O–H groups in total. The normalized spacial score (nSPS) is 23.4. The van der Waals surface area contributed by atoms with Crippen molar-refractivity contribution in [3.05, 3.63) is 95.6 Å². The lowest BCUT2D eigenvalue weighted by Crippen LogP contribution is -2.53. The zero-order valence-electron chi connectivity index (χ0n) is 22.7. The van der Waals surface area contributed by atoms with Crippen LogP contribution < -0.4 is 0 Å². The van der Waals surface area contributed by atoms with E-state index in [9.17, 15) is 14.7 Å². The van der Waals surface area contributed by atoms with Gasteiger partial charge in [-0.3, -0.25) is 14.5 Å². The molecular formula is C33H33NO5. The number of nitrogens with zero attached hydrogens (tertiary/aromatic N) is 1. The summed E-state index contributed by atoms with van der Waals surface area (Å²) in [4.78, 5) is 28.7. The third kappa shape index (κ3) is 4.23. The Morgan fingerprint density at radius 3 is 2.03 bits per heavy atom. The van der Waals surface area contributed by atoms with Crippen LogP contribution in [0.1, 0.15) is 43.9 Å². The second-order valence-corrected chi connectivity index (χ2v) is 11.2. The molecule has 39 heavy (non-hydrogen) atoms. The average molecular weight is 524 g/mol. The Kier molecular flexibility index (Phi) is 6.62. The number of rotatable bonds is 5. The lowest BCUT2D eigenvalue weighted by molar-refractivity contribution is -0.159. The molecule has 1 aliphatic heterocycles. The second kappa shape index (κ2) is 9.68. The van der Waals surface area contributed by atoms with E-state index in [1.165, 1.54) is 7.11 Å². The van der Waals surface area contributed by atoms with Crippen LogP contribution in [0.3, 0.4) is 0 Å². The van der Waals surface area contributed by atoms with E-state index >= 15 is 0 Å². The first kappa shape index (κ1) is 26.7. The zero-order valence-corrected chi connectivity index (χ0v) is 22.7. The Bertz CT molecular complexity index is 1410. The molecule has 3 atom stereocenters. The van der Waals surface area contributed by atoms with Gasteiger partial charge in [-0.1, -0.05) is 84.8 Å². The van der Waals surface area contributed by atoms with Crippen molar-refractivity contribution in [1.29, 1.82) is 0 Å². The number of ether oxygens (including phenoxy) is 2. The Morgan fingerprint density at radius 2 is 1.51 bits per heavy atom. The summed E-state index contributed by atoms with van der Waals surface area (Å²) in [7, 11) is 1.31. The summed E-state index contributed by atoms with van der Waals surface area (Å²) >= 11 is 0. The number of esters is 2. The number of carbonyl (C=O) groups is 2. The molecule has 0 aromatic heterocycles. The number of likely N-dealkylation sites (tertiary alicyclic amines) is 1. The molecule has 6 heteroatoms. The van der Waals surface area contributed by atoms with Crippen molar-refractivity contribution >= 4 is 11.9 Å². The van der Waals surface area contributed by atoms with E-state index in [1.54, 1.807) is 20.8 Å². The highest BCUT2D eigenvalue weighted by molar-refractivity contribution is 5.85. The minimum Gasteiger partial charge on any atom is -0.468 e. The van der Waals surface area contributed by atoms with Crippen LogP contribution in [0.5, 0.6) is 0 Å². The van der Waals surface area contributed by atoms with Crippen LogP contribution >= 0.6 is 0 Å². The Morgan fingerprint density at radius 1 is 0.974 bits per heavy atom. The number of terminal acetylenes is 1. The van der Waals surface area contributed by atoms with Gasteiger partial charge in [0.05, 0.1) is 19.1 Å². The van der Waals surface area contributed by atoms with Gasteiger partial charge in [0.25, 0.3) is 0 Å². The highest BCUT2D eigenvalue weighted by Crippen LogP contribution is 2.57. The van der Waals surface area contributed by atoms with E-state index in [2.05, 4.69) is 18.1 Å². The molecule has 0 radical (unpaired) electrons. The molecule has 2 aliphatic rings. The topological polar surface area (TPSA) is 76.1 Å². The van der Waals surface area contributed by atoms with E-state index < -0.39 is 40.6 Å². The van der Waals surface area contributed by atoms with Crippen molar-refractivity contribution in [2.24, 2.45) is 5.92 Å². The molecule has 0 spiro atoms. The number of benzene rings is 3. The van der Waals surface area contributed by atoms with Gasteiger partial charge in [0.1, 0.15) is 17.2 Å². The second-order valence-electron chi connectivity index (χ2n) is 11.2. The third-order valence-corrected chi connectivity index (χ3v) is 7.79. The van der Waals surface area contributed by atoms with Crippen molar-refractivity contribution in [2.45, 2.75) is 50.0 Å². The molecule has 200 valence electrons. The summed E-state index contributed by atoms with van der Waals surface area (Å²) in [5.41, 5.74) is 1.37. The number of hydrogen-bond acceptors (Lipinski definition) is 6. The van der Waals surface area contributed by atoms with E-state index in [0.717, 1.165) is 27.8 Å². The molecule has 0 unspecified atom stereocenters. The number of carbonyl (C=O) groups excluding carboxylic acids is 2. The minimum atomic E-state index is -1.80. The third-order valence-electron chi connectivity index (χ3n) is 7.79. The zero-order chi connectivity index (χ0) is 28.0. The van der Waals surface area contributed by atoms with Gasteiger partial charge in [0, 0.05) is 12.5 Å². The van der Waals surface area contributed by atoms with Gasteiger partial charge in [-0.05, 0) is 48.6 Å². The van der Waals surface area contributed by atoms with E-state index in [-0.39, 0.29) is 13.0 Å². The molecule has 3 aromatic carbocycles. The number of β-amino-alcohol motifs (C(OH)–C–C–N with tert-alkyl or cyclic N) is 1. The molecule has 1 saturated heterocycles. The van der Waals surface area contributed by atoms with Crippen LogP contribution in [0.25, 0.3) is 11.1 Å². The van der Waals surface area contributed by atoms with Gasteiger partial charge in [0.2, 0.25) is 0 Å². The summed E-state index contributed by atoms with van der Waals surface area (Å²) < 4.78 is 10.9. The molecule has 0 amide bonds. The first-order chi connectivity index (χ1) is 18.6. The maximum absolute atomic E-state index is 13.7. The maximum atomic E-state index is 13.7. The van der Waals surface area contributed by atoms with E-state index in [0.29, 0.717) is 0 Å². The fraction of sp³-hybridized carbons (Fsp3) is 0.333. The molecule has 5 rings (SSSR count). The standard InChI is InChI=1S/C33H33NO5/c1-6-32(37)21-34(29(30(36)38-5)27(32)20-28(35)39-31(2,3)4)33(22-14-8-7-9-15-22)25-18-12-10-16-23(25)24-17-11-13-19-26(24)33/h1,7-19,27,29,37H,20-21H2,2-5H3/t27-,29+,32-/m1/s1. The lowest BCUT2D eigenvalue weighted by Gasteiger charge is -2.44. The van der Waals surface area contributed by atoms with Gasteiger partial charge >= 0.3 is 11.9 Å². The number of hydrogen-bond donors (Lipinski definition) is 1. The van der Waals surface area contributed by atoms with Crippen molar-refractivity contribution in [1.82, 2.24) is 4.90 Å². The highest BCUT2D eigenvalue weighted by atomic mass is 16.6. The average Bonchev–Trinajstić information content (AvgIpc) is 3.38. The molecule has 1 fully saturated rings. The number of fused-ring (bicyclic) bond motifs is 3. The molecular weight excluding hydrogens is 490 g/mol. The first-order valence-corrected chi connectivity index (χ1v) is 13.1. The van der Waals surface area contributed by atoms with Crippen molar-refractivity contribution in [3.8, 4) is 23.5 Å². The van der Waals surface area contributed by atoms with Gasteiger partial charge in [0.15, 0.2) is 0 Å². The minimum absolute atomic E-state index is 0.0612. The predicted octanol–water partition coefficient (Wildman–Crippen LogP) is 4.53. The quantitative estimate of drug-likeness (QED) is 0.391. The number of methoxy groups -OCH3 is 1. The highest BCUT2D eigenvalue weighted by Gasteiger charge is 2.63. The van der Waals surface area contributed by atoms with Crippen LogP contribution in [0, 0.1) is 18.3 Å². The van der Waals surface area contributed by atoms with E-state index in [1.807, 2.05) is 71.6 Å². The van der Waals surface area contributed by atoms with Gasteiger partial charge in [-0.15, -0.1) is 6.42 Å². The van der Waals surface area contributed by atoms with Crippen LogP contribution in [0.2, 0.25) is 0 Å².